The largest absolute Gasteiger partial charge is 1.00 e. The maximum atomic E-state index is 11.3. The summed E-state index contributed by atoms with van der Waals surface area (Å²) in [5.74, 6) is -6.40. The van der Waals surface area contributed by atoms with Gasteiger partial charge in [-0.1, -0.05) is 25.3 Å². The molecule has 5 aromatic heterocycles. The number of aromatic nitrogens is 10. The molecule has 2 radical (unpaired) electrons. The van der Waals surface area contributed by atoms with Crippen molar-refractivity contribution in [3.05, 3.63) is 106 Å². The number of hydrogen-bond acceptors (Lipinski definition) is 33. The SMILES string of the molecule is CC(C)(C)[Si]n1ccnc1.CC(O)(C[n+]1ccn(CC(O)(P(=O)(O)O)P(=O)(O)O)c1)P(=O)(O)O.COC(=O)CCl.COC(=O)Cn1cc[n+](CC(=O)OC)c1.O.O=C(O)C[n+]1ccn(CC(O)(P(=O)(O)O)P(=O)(O)O)c1.O=C(O)Cn1cc[n+](CC(=O)O)c1.O=P([O-])(O)C(O)CN1C=CN(CC(O)(P(=O)([O-])[O-])P(=O)([O-])O)C1.O=[P+]([O-])[O-].[Cl-].[Cl-].[Cl-].[Cl-].[Na+].[OH-]. The second kappa shape index (κ2) is 57.7. The van der Waals surface area contributed by atoms with E-state index < -0.39 is 165 Å². The number of hydrogen-bond donors (Lipinski definition) is 20. The summed E-state index contributed by atoms with van der Waals surface area (Å²) < 4.78 is 122. The molecule has 5 unspecified atom stereocenters. The van der Waals surface area contributed by atoms with Gasteiger partial charge in [-0.25, -0.2) is 65.5 Å². The molecule has 0 saturated heterocycles. The molecule has 1 aliphatic rings. The maximum absolute atomic E-state index is 11.3. The number of carbonyl (C=O) groups is 6. The third kappa shape index (κ3) is 50.5. The van der Waals surface area contributed by atoms with Gasteiger partial charge in [-0.3, -0.25) is 27.6 Å². The molecule has 58 nitrogen and oxygen atoms in total. The second-order valence-corrected chi connectivity index (χ2v) is 42.5. The van der Waals surface area contributed by atoms with Crippen molar-refractivity contribution in [2.24, 2.45) is 0 Å². The zero-order chi connectivity index (χ0) is 90.5. The maximum Gasteiger partial charge on any atom is 1.00 e. The molecule has 23 N–H and O–H groups in total. The molecule has 1 aliphatic heterocycles. The van der Waals surface area contributed by atoms with Crippen LogP contribution in [0.15, 0.2) is 106 Å². The normalized spacial score (nSPS) is 14.0. The number of esters is 3. The van der Waals surface area contributed by atoms with Crippen LogP contribution in [0.25, 0.3) is 0 Å². The number of methoxy groups -OCH3 is 3. The van der Waals surface area contributed by atoms with Crippen molar-refractivity contribution < 1.29 is 321 Å². The second-order valence-electron chi connectivity index (χ2n) is 23.9. The van der Waals surface area contributed by atoms with Crippen molar-refractivity contribution in [3.63, 3.8) is 0 Å². The van der Waals surface area contributed by atoms with E-state index in [1.54, 1.807) is 27.9 Å². The number of imidazole rings is 5. The van der Waals surface area contributed by atoms with Crippen LogP contribution in [0.2, 0.25) is 5.04 Å². The van der Waals surface area contributed by atoms with Crippen molar-refractivity contribution in [2.75, 3.05) is 47.0 Å². The van der Waals surface area contributed by atoms with Crippen LogP contribution < -0.4 is 127 Å². The monoisotopic (exact) mass is 2070 g/mol. The summed E-state index contributed by atoms with van der Waals surface area (Å²) in [7, 11) is -43.1. The number of carboxylic acids is 3. The zero-order valence-corrected chi connectivity index (χ0v) is 78.7. The summed E-state index contributed by atoms with van der Waals surface area (Å²) in [6.45, 7) is 1.66. The van der Waals surface area contributed by atoms with Crippen LogP contribution in [0.3, 0.4) is 0 Å². The number of halogens is 5. The van der Waals surface area contributed by atoms with Gasteiger partial charge >= 0.3 is 114 Å². The van der Waals surface area contributed by atoms with Crippen LogP contribution in [0.1, 0.15) is 27.7 Å². The van der Waals surface area contributed by atoms with Crippen LogP contribution in [0, 0.1) is 0 Å². The molecular weight excluding hydrogens is 1990 g/mol. The Bertz CT molecular complexity index is 4320. The van der Waals surface area contributed by atoms with Gasteiger partial charge in [0, 0.05) is 24.8 Å². The molecule has 0 bridgehead atoms. The van der Waals surface area contributed by atoms with E-state index in [1.165, 1.54) is 55.4 Å². The summed E-state index contributed by atoms with van der Waals surface area (Å²) in [5, 5.41) is 59.9. The first-order valence-electron chi connectivity index (χ1n) is 30.0. The topological polar surface area (TPSA) is 948 Å². The molecule has 0 aliphatic carbocycles. The first-order chi connectivity index (χ1) is 51.7. The van der Waals surface area contributed by atoms with E-state index in [0.717, 1.165) is 88.3 Å². The number of nitrogens with zero attached hydrogens (tertiary/aromatic N) is 12. The fraction of sp³-hybridized carbons (Fsp3) is 0.521. The first-order valence-corrected chi connectivity index (χ1v) is 45.4. The molecule has 6 rings (SSSR count). The molecule has 0 saturated carbocycles. The summed E-state index contributed by atoms with van der Waals surface area (Å²) in [5.41, 5.74) is 0. The van der Waals surface area contributed by atoms with Gasteiger partial charge in [-0.05, 0) is 19.6 Å². The number of alkyl halides is 1. The Morgan fingerprint density at radius 1 is 0.533 bits per heavy atom. The van der Waals surface area contributed by atoms with Gasteiger partial charge in [0.15, 0.2) is 62.7 Å². The Balaban J connectivity index is -0.000000176. The van der Waals surface area contributed by atoms with Gasteiger partial charge in [0.1, 0.15) is 80.9 Å². The van der Waals surface area contributed by atoms with Crippen molar-refractivity contribution in [1.82, 2.24) is 37.3 Å². The van der Waals surface area contributed by atoms with E-state index in [-0.39, 0.29) is 134 Å². The van der Waals surface area contributed by atoms with Crippen LogP contribution in [-0.2, 0) is 136 Å². The molecule has 5 aromatic rings. The van der Waals surface area contributed by atoms with Gasteiger partial charge in [-0.2, -0.15) is 0 Å². The van der Waals surface area contributed by atoms with Gasteiger partial charge in [0.2, 0.25) is 30.7 Å². The molecule has 6 heterocycles. The first kappa shape index (κ1) is 136. The van der Waals surface area contributed by atoms with Crippen molar-refractivity contribution in [1.29, 1.82) is 0 Å². The summed E-state index contributed by atoms with van der Waals surface area (Å²) in [6.07, 6.45) is 23.6. The van der Waals surface area contributed by atoms with Crippen molar-refractivity contribution in [3.8, 4) is 0 Å². The fourth-order valence-electron chi connectivity index (χ4n) is 7.46. The quantitative estimate of drug-likeness (QED) is 0.00507. The number of β-amino-alcohol motifs (C(OH)–C–C–N with tert-alkyl or cyclic N) is 2. The molecule has 0 aromatic carbocycles. The average Bonchev–Trinajstić information content (AvgIpc) is 1.34. The molecule has 5 atom stereocenters. The van der Waals surface area contributed by atoms with E-state index in [0.29, 0.717) is 5.04 Å². The van der Waals surface area contributed by atoms with E-state index >= 15 is 0 Å². The van der Waals surface area contributed by atoms with Crippen molar-refractivity contribution in [2.45, 2.75) is 112 Å². The van der Waals surface area contributed by atoms with E-state index in [9.17, 15) is 110 Å². The zero-order valence-electron chi connectivity index (χ0n) is 63.8. The minimum absolute atomic E-state index is 0. The fourth-order valence-corrected chi connectivity index (χ4v) is 15.4. The van der Waals surface area contributed by atoms with Crippen LogP contribution in [0.5, 0.6) is 0 Å². The molecular formula is C48H86Cl5N12NaO46P9Si-5. The van der Waals surface area contributed by atoms with Crippen LogP contribution in [-0.4, -0.2) is 267 Å². The van der Waals surface area contributed by atoms with Gasteiger partial charge < -0.3 is 231 Å². The molecule has 0 amide bonds. The van der Waals surface area contributed by atoms with Crippen LogP contribution in [0.4, 0.5) is 0 Å². The number of aliphatic hydroxyl groups excluding tert-OH is 1. The number of rotatable bonds is 30. The smallest absolute Gasteiger partial charge is 1.00 e. The Kier molecular flexibility index (Phi) is 64.2. The van der Waals surface area contributed by atoms with Crippen LogP contribution >= 0.6 is 80.6 Å². The number of ether oxygens (including phenoxy) is 3. The minimum atomic E-state index is -6.18. The third-order valence-corrected chi connectivity index (χ3v) is 27.7. The Hall–Kier alpha value is -4.18. The molecule has 122 heavy (non-hydrogen) atoms. The summed E-state index contributed by atoms with van der Waals surface area (Å²) in [4.78, 5) is 236. The van der Waals surface area contributed by atoms with E-state index in [1.807, 2.05) is 18.7 Å². The molecule has 704 valence electrons. The Labute approximate surface area is 744 Å². The number of carbonyl (C=O) groups excluding carboxylic acids is 3. The van der Waals surface area contributed by atoms with E-state index in [2.05, 4.69) is 44.2 Å². The predicted molar refractivity (Wildman–Crippen MR) is 371 cm³/mol. The van der Waals surface area contributed by atoms with Gasteiger partial charge in [-0.15, -0.1) is 11.6 Å². The predicted octanol–water partition coefficient (Wildman–Crippen LogP) is -27.1. The third-order valence-electron chi connectivity index (χ3n) is 13.0. The minimum Gasteiger partial charge on any atom is -1.00 e. The van der Waals surface area contributed by atoms with Crippen molar-refractivity contribution >= 4 is 126 Å². The summed E-state index contributed by atoms with van der Waals surface area (Å²) >= 11 is 4.98. The van der Waals surface area contributed by atoms with E-state index in [4.69, 9.17) is 100.0 Å². The Morgan fingerprint density at radius 2 is 0.877 bits per heavy atom. The molecule has 0 fully saturated rings. The standard InChI is InChI=1S/C9H13N2O4.C8H17N2O11P3.C7H17N2O11P3.C7H12N2O9P2.C7H8N2O4.C7H12N2Si.C3H5ClO2.4ClH.Na.HO3P.2H2O/c1-14-8(12)5-10-3-4-11(7-10)6-9(13)15-2;1-7(11,22(13,14)15)4-9-2-3-10(6-9)5-8(12,23(16,17)18)24(19,20)21;10-6(21(12,13)14)3-8-1-2-9(5-8)4-7(11,22(15,16)17)23(18,19)20;10-6(11)3-8-1-2-9(5-8)4-7(12,19(13,14)15)20(16,17)18;10-6(11)3-8-1-2-9(5-8)4-7(12)13;1-7(2,3)10-9-5-4-8-6-9;1-6-3(5)2-4;;;;;;1-4(2)3;;/h3-4,7H,5-6H2,1-2H3;2-3,6,11-12H,4-5H2,1H3,(H5-,13,14,15,16,17,18,19,20,21);1-2,6,10-11H,3-5H2,(H2,12,13,14)(H2,15,16,17)(H2,18,19,20);1-2,5,12H,3-4H2,(H4-,10,11,13,14,15,16,17,18);1-2,5H,3-4H2,(H-,10,11,12,13);4-6H,1-3H3;2H2,1H3;4*1H;;(H,1,2,3);2*1H2/q+1;;;;;;;;;;;+1;;;/p-7. The van der Waals surface area contributed by atoms with Gasteiger partial charge in [0.25, 0.3) is 8.25 Å². The summed E-state index contributed by atoms with van der Waals surface area (Å²) in [6, 6.07) is 0. The Morgan fingerprint density at radius 3 is 1.17 bits per heavy atom. The van der Waals surface area contributed by atoms with Gasteiger partial charge in [0.05, 0.1) is 47.4 Å². The number of aliphatic hydroxyl groups is 5. The molecule has 0 spiro atoms. The number of carboxylic acid groups (broad SMARTS) is 3. The number of aliphatic carboxylic acids is 3. The average molecular weight is 2070 g/mol. The molecule has 74 heteroatoms.